The number of carbonyl (C=O) groups is 2. The maximum atomic E-state index is 11.0. The number of rotatable bonds is 3. The van der Waals surface area contributed by atoms with Crippen molar-refractivity contribution in [2.45, 2.75) is 12.8 Å². The van der Waals surface area contributed by atoms with Crippen molar-refractivity contribution in [1.82, 2.24) is 0 Å². The Balaban J connectivity index is 2.50. The van der Waals surface area contributed by atoms with Crippen LogP contribution < -0.4 is 0 Å². The lowest BCUT2D eigenvalue weighted by atomic mass is 10.0. The molecule has 0 unspecified atom stereocenters. The molecule has 1 aliphatic rings. The Morgan fingerprint density at radius 3 is 3.00 bits per heavy atom. The predicted molar refractivity (Wildman–Crippen MR) is 43.3 cm³/mol. The van der Waals surface area contributed by atoms with E-state index < -0.39 is 5.97 Å². The van der Waals surface area contributed by atoms with Gasteiger partial charge in [0.1, 0.15) is 6.54 Å². The van der Waals surface area contributed by atoms with Gasteiger partial charge in [-0.15, -0.1) is 0 Å². The summed E-state index contributed by atoms with van der Waals surface area (Å²) >= 11 is 0. The molecule has 0 amide bonds. The molecule has 0 bridgehead atoms. The Kier molecular flexibility index (Phi) is 2.74. The zero-order chi connectivity index (χ0) is 8.97. The Labute approximate surface area is 69.6 Å². The minimum atomic E-state index is -0.883. The second-order valence-electron chi connectivity index (χ2n) is 2.50. The van der Waals surface area contributed by atoms with Gasteiger partial charge < -0.3 is 5.11 Å². The Morgan fingerprint density at radius 2 is 2.42 bits per heavy atom. The number of Topliss-reactive ketones (excluding diaryl/α,β-unsaturated/α-hetero) is 1. The molecular formula is C8H9NO3. The lowest BCUT2D eigenvalue weighted by Crippen LogP contribution is -2.11. The number of allylic oxidation sites excluding steroid dienone is 1. The third-order valence-electron chi connectivity index (χ3n) is 1.58. The number of aliphatic imine (C=N–C) groups is 1. The maximum absolute atomic E-state index is 11.0. The van der Waals surface area contributed by atoms with E-state index in [1.807, 2.05) is 0 Å². The number of dihydropyridines is 1. The number of carboxylic acids is 1. The van der Waals surface area contributed by atoms with Crippen LogP contribution in [0, 0.1) is 0 Å². The van der Waals surface area contributed by atoms with E-state index in [4.69, 9.17) is 5.11 Å². The zero-order valence-electron chi connectivity index (χ0n) is 6.49. The topological polar surface area (TPSA) is 66.7 Å². The van der Waals surface area contributed by atoms with Crippen LogP contribution in [0.15, 0.2) is 16.6 Å². The Bertz CT molecular complexity index is 265. The second kappa shape index (κ2) is 3.80. The van der Waals surface area contributed by atoms with E-state index in [0.29, 0.717) is 12.0 Å². The first kappa shape index (κ1) is 8.64. The number of carboxylic acid groups (broad SMARTS) is 1. The van der Waals surface area contributed by atoms with Crippen LogP contribution in [0.25, 0.3) is 0 Å². The van der Waals surface area contributed by atoms with Crippen molar-refractivity contribution in [3.05, 3.63) is 11.6 Å². The van der Waals surface area contributed by atoms with Gasteiger partial charge >= 0.3 is 5.97 Å². The standard InChI is InChI=1S/C8H9NO3/c10-7-5-9-4-3-6(7)1-2-8(11)12/h3-4H,1-2,5H2,(H,11,12). The third kappa shape index (κ3) is 2.30. The summed E-state index contributed by atoms with van der Waals surface area (Å²) in [5, 5.41) is 8.36. The molecule has 1 heterocycles. The summed E-state index contributed by atoms with van der Waals surface area (Å²) in [7, 11) is 0. The maximum Gasteiger partial charge on any atom is 0.303 e. The van der Waals surface area contributed by atoms with Crippen molar-refractivity contribution in [1.29, 1.82) is 0 Å². The molecule has 0 aromatic rings. The fourth-order valence-electron chi connectivity index (χ4n) is 0.937. The van der Waals surface area contributed by atoms with Crippen LogP contribution in [0.2, 0.25) is 0 Å². The minimum absolute atomic E-state index is 0.00537. The van der Waals surface area contributed by atoms with E-state index in [0.717, 1.165) is 0 Å². The highest BCUT2D eigenvalue weighted by molar-refractivity contribution is 6.03. The van der Waals surface area contributed by atoms with Gasteiger partial charge in [-0.25, -0.2) is 0 Å². The summed E-state index contributed by atoms with van der Waals surface area (Å²) in [4.78, 5) is 24.9. The molecule has 0 saturated heterocycles. The van der Waals surface area contributed by atoms with Gasteiger partial charge in [0, 0.05) is 12.6 Å². The number of nitrogens with zero attached hydrogens (tertiary/aromatic N) is 1. The van der Waals surface area contributed by atoms with Crippen LogP contribution in [-0.2, 0) is 9.59 Å². The van der Waals surface area contributed by atoms with Crippen molar-refractivity contribution in [3.63, 3.8) is 0 Å². The molecule has 0 aliphatic carbocycles. The smallest absolute Gasteiger partial charge is 0.303 e. The largest absolute Gasteiger partial charge is 0.481 e. The fraction of sp³-hybridized carbons (Fsp3) is 0.375. The van der Waals surface area contributed by atoms with Gasteiger partial charge in [-0.05, 0) is 18.1 Å². The molecule has 1 aliphatic heterocycles. The van der Waals surface area contributed by atoms with Crippen molar-refractivity contribution in [2.75, 3.05) is 6.54 Å². The average Bonchev–Trinajstić information content (AvgIpc) is 2.03. The van der Waals surface area contributed by atoms with Crippen molar-refractivity contribution in [3.8, 4) is 0 Å². The fourth-order valence-corrected chi connectivity index (χ4v) is 0.937. The second-order valence-corrected chi connectivity index (χ2v) is 2.50. The van der Waals surface area contributed by atoms with Gasteiger partial charge in [0.25, 0.3) is 0 Å². The zero-order valence-corrected chi connectivity index (χ0v) is 6.49. The highest BCUT2D eigenvalue weighted by Gasteiger charge is 2.11. The Hall–Kier alpha value is -1.45. The number of hydrogen-bond acceptors (Lipinski definition) is 3. The summed E-state index contributed by atoms with van der Waals surface area (Å²) in [5.41, 5.74) is 0.562. The van der Waals surface area contributed by atoms with Crippen LogP contribution in [0.1, 0.15) is 12.8 Å². The first-order valence-corrected chi connectivity index (χ1v) is 3.64. The van der Waals surface area contributed by atoms with E-state index >= 15 is 0 Å². The molecular weight excluding hydrogens is 158 g/mol. The number of hydrogen-bond donors (Lipinski definition) is 1. The van der Waals surface area contributed by atoms with E-state index in [1.54, 1.807) is 12.3 Å². The average molecular weight is 167 g/mol. The van der Waals surface area contributed by atoms with E-state index in [-0.39, 0.29) is 18.7 Å². The number of carbonyl (C=O) groups excluding carboxylic acids is 1. The third-order valence-corrected chi connectivity index (χ3v) is 1.58. The highest BCUT2D eigenvalue weighted by Crippen LogP contribution is 2.08. The molecule has 4 heteroatoms. The molecule has 0 atom stereocenters. The van der Waals surface area contributed by atoms with E-state index in [9.17, 15) is 9.59 Å². The molecule has 1 rings (SSSR count). The van der Waals surface area contributed by atoms with Crippen molar-refractivity contribution >= 4 is 18.0 Å². The van der Waals surface area contributed by atoms with Crippen molar-refractivity contribution < 1.29 is 14.7 Å². The number of aliphatic carboxylic acids is 1. The van der Waals surface area contributed by atoms with Gasteiger partial charge in [0.2, 0.25) is 0 Å². The quantitative estimate of drug-likeness (QED) is 0.662. The lowest BCUT2D eigenvalue weighted by molar-refractivity contribution is -0.136. The van der Waals surface area contributed by atoms with Gasteiger partial charge in [0.15, 0.2) is 5.78 Å². The van der Waals surface area contributed by atoms with Crippen LogP contribution in [0.3, 0.4) is 0 Å². The molecule has 4 nitrogen and oxygen atoms in total. The summed E-state index contributed by atoms with van der Waals surface area (Å²) in [6.07, 6.45) is 3.43. The molecule has 0 aromatic carbocycles. The van der Waals surface area contributed by atoms with Gasteiger partial charge in [-0.2, -0.15) is 0 Å². The molecule has 0 radical (unpaired) electrons. The molecule has 0 fully saturated rings. The van der Waals surface area contributed by atoms with Crippen LogP contribution in [0.4, 0.5) is 0 Å². The van der Waals surface area contributed by atoms with Gasteiger partial charge in [0.05, 0.1) is 0 Å². The van der Waals surface area contributed by atoms with Crippen molar-refractivity contribution in [2.24, 2.45) is 4.99 Å². The predicted octanol–water partition coefficient (Wildman–Crippen LogP) is 0.431. The van der Waals surface area contributed by atoms with E-state index in [2.05, 4.69) is 4.99 Å². The summed E-state index contributed by atoms with van der Waals surface area (Å²) in [6, 6.07) is 0. The SMILES string of the molecule is O=C(O)CCC1=CC=NCC1=O. The van der Waals surface area contributed by atoms with Crippen LogP contribution in [0.5, 0.6) is 0 Å². The lowest BCUT2D eigenvalue weighted by Gasteiger charge is -2.04. The molecule has 12 heavy (non-hydrogen) atoms. The highest BCUT2D eigenvalue weighted by atomic mass is 16.4. The summed E-state index contributed by atoms with van der Waals surface area (Å²) < 4.78 is 0. The molecule has 1 N–H and O–H groups in total. The normalized spacial score (nSPS) is 16.0. The molecule has 0 spiro atoms. The molecule has 64 valence electrons. The summed E-state index contributed by atoms with van der Waals surface area (Å²) in [5.74, 6) is -0.954. The van der Waals surface area contributed by atoms with E-state index in [1.165, 1.54) is 0 Å². The Morgan fingerprint density at radius 1 is 1.67 bits per heavy atom. The van der Waals surface area contributed by atoms with Gasteiger partial charge in [-0.1, -0.05) is 0 Å². The number of ketones is 1. The van der Waals surface area contributed by atoms with Crippen LogP contribution >= 0.6 is 0 Å². The molecule has 0 saturated carbocycles. The monoisotopic (exact) mass is 167 g/mol. The van der Waals surface area contributed by atoms with Gasteiger partial charge in [-0.3, -0.25) is 14.6 Å². The first-order chi connectivity index (χ1) is 5.70. The molecule has 0 aromatic heterocycles. The minimum Gasteiger partial charge on any atom is -0.481 e. The van der Waals surface area contributed by atoms with Crippen LogP contribution in [-0.4, -0.2) is 29.6 Å². The first-order valence-electron chi connectivity index (χ1n) is 3.64. The summed E-state index contributed by atoms with van der Waals surface area (Å²) in [6.45, 7) is 0.158.